The van der Waals surface area contributed by atoms with Crippen LogP contribution >= 0.6 is 0 Å². The van der Waals surface area contributed by atoms with Gasteiger partial charge in [-0.05, 0) is 61.0 Å². The lowest BCUT2D eigenvalue weighted by atomic mass is 9.41. The number of rotatable bonds is 5. The summed E-state index contributed by atoms with van der Waals surface area (Å²) in [6.07, 6.45) is 4.10. The van der Waals surface area contributed by atoms with Crippen molar-refractivity contribution in [2.45, 2.75) is 57.8 Å². The molecule has 0 unspecified atom stereocenters. The second kappa shape index (κ2) is 8.94. The van der Waals surface area contributed by atoms with E-state index in [1.165, 1.54) is 0 Å². The second-order valence-corrected chi connectivity index (χ2v) is 11.5. The fourth-order valence-corrected chi connectivity index (χ4v) is 8.09. The maximum absolute atomic E-state index is 13.3. The summed E-state index contributed by atoms with van der Waals surface area (Å²) < 4.78 is 24.1. The molecule has 36 heavy (non-hydrogen) atoms. The molecule has 2 aromatic heterocycles. The van der Waals surface area contributed by atoms with Crippen molar-refractivity contribution in [3.05, 3.63) is 46.6 Å². The third-order valence-corrected chi connectivity index (χ3v) is 9.77. The minimum Gasteiger partial charge on any atom is -0.484 e. The molecule has 8 heteroatoms. The van der Waals surface area contributed by atoms with E-state index < -0.39 is 28.7 Å². The first kappa shape index (κ1) is 25.4. The van der Waals surface area contributed by atoms with Gasteiger partial charge in [-0.3, -0.25) is 4.98 Å². The van der Waals surface area contributed by atoms with E-state index in [-0.39, 0.29) is 35.5 Å². The third kappa shape index (κ3) is 3.49. The first-order chi connectivity index (χ1) is 17.1. The number of hydrogen-bond donors (Lipinski definition) is 2. The van der Waals surface area contributed by atoms with Crippen LogP contribution in [0.15, 0.2) is 39.8 Å². The van der Waals surface area contributed by atoms with Gasteiger partial charge in [-0.15, -0.1) is 0 Å². The van der Waals surface area contributed by atoms with Crippen molar-refractivity contribution in [3.63, 3.8) is 0 Å². The summed E-state index contributed by atoms with van der Waals surface area (Å²) in [7, 11) is 3.35. The lowest BCUT2D eigenvalue weighted by Gasteiger charge is -2.67. The number of fused-ring (bicyclic) bond motifs is 4. The average molecular weight is 500 g/mol. The van der Waals surface area contributed by atoms with Crippen LogP contribution in [0, 0.1) is 28.6 Å². The maximum atomic E-state index is 13.3. The highest BCUT2D eigenvalue weighted by molar-refractivity contribution is 5.59. The fourth-order valence-electron chi connectivity index (χ4n) is 8.09. The molecule has 8 atom stereocenters. The van der Waals surface area contributed by atoms with Gasteiger partial charge in [0.1, 0.15) is 22.7 Å². The molecule has 2 fully saturated rings. The topological polar surface area (TPSA) is 111 Å². The van der Waals surface area contributed by atoms with Crippen LogP contribution in [0.2, 0.25) is 0 Å². The Balaban J connectivity index is 1.65. The molecule has 3 heterocycles. The van der Waals surface area contributed by atoms with Gasteiger partial charge >= 0.3 is 5.63 Å². The number of ether oxygens (including phenoxy) is 3. The van der Waals surface area contributed by atoms with Crippen molar-refractivity contribution in [2.75, 3.05) is 27.4 Å². The van der Waals surface area contributed by atoms with Gasteiger partial charge < -0.3 is 28.8 Å². The Hall–Kier alpha value is -2.26. The Morgan fingerprint density at radius 2 is 2.03 bits per heavy atom. The lowest BCUT2D eigenvalue weighted by molar-refractivity contribution is -0.264. The zero-order valence-electron chi connectivity index (χ0n) is 21.7. The minimum absolute atomic E-state index is 0.0680. The highest BCUT2D eigenvalue weighted by Gasteiger charge is 2.69. The highest BCUT2D eigenvalue weighted by Crippen LogP contribution is 2.68. The van der Waals surface area contributed by atoms with Gasteiger partial charge in [-0.2, -0.15) is 0 Å². The van der Waals surface area contributed by atoms with Gasteiger partial charge in [0, 0.05) is 50.8 Å². The molecule has 8 nitrogen and oxygen atoms in total. The van der Waals surface area contributed by atoms with Crippen LogP contribution in [0.5, 0.6) is 5.75 Å². The first-order valence-corrected chi connectivity index (χ1v) is 12.7. The largest absolute Gasteiger partial charge is 0.484 e. The van der Waals surface area contributed by atoms with Crippen LogP contribution in [-0.4, -0.2) is 54.3 Å². The number of aromatic nitrogens is 1. The molecular weight excluding hydrogens is 462 g/mol. The summed E-state index contributed by atoms with van der Waals surface area (Å²) in [4.78, 5) is 17.4. The fraction of sp³-hybridized carbons (Fsp3) is 0.643. The molecule has 2 saturated carbocycles. The number of pyridine rings is 1. The Kier molecular flexibility index (Phi) is 6.31. The highest BCUT2D eigenvalue weighted by atomic mass is 16.6. The summed E-state index contributed by atoms with van der Waals surface area (Å²) in [5.41, 5.74) is -1.41. The molecular formula is C28H37NO7. The van der Waals surface area contributed by atoms with E-state index in [2.05, 4.69) is 18.8 Å². The molecule has 0 radical (unpaired) electrons. The van der Waals surface area contributed by atoms with Crippen molar-refractivity contribution in [2.24, 2.45) is 28.6 Å². The SMILES string of the molecule is COC[C@]1(C)[C@@H](CO)CC[C@@]2(C)[C@H]1C[C@H](OC)[C@@]1(C)Oc3cc(-c4cccnc4)oc(=O)c3[C@H](O)[C@H]21. The molecule has 196 valence electrons. The van der Waals surface area contributed by atoms with Crippen LogP contribution in [0.4, 0.5) is 0 Å². The van der Waals surface area contributed by atoms with Crippen molar-refractivity contribution in [1.29, 1.82) is 0 Å². The van der Waals surface area contributed by atoms with Crippen LogP contribution in [0.25, 0.3) is 11.3 Å². The zero-order chi connectivity index (χ0) is 25.9. The van der Waals surface area contributed by atoms with Gasteiger partial charge in [0.2, 0.25) is 0 Å². The van der Waals surface area contributed by atoms with Crippen LogP contribution in [0.3, 0.4) is 0 Å². The van der Waals surface area contributed by atoms with Gasteiger partial charge in [0.15, 0.2) is 0 Å². The number of aliphatic hydroxyl groups excluding tert-OH is 2. The normalized spacial score (nSPS) is 39.5. The van der Waals surface area contributed by atoms with E-state index in [1.807, 2.05) is 13.0 Å². The summed E-state index contributed by atoms with van der Waals surface area (Å²) >= 11 is 0. The number of aliphatic hydroxyl groups is 2. The molecule has 1 aliphatic heterocycles. The van der Waals surface area contributed by atoms with Crippen LogP contribution in [-0.2, 0) is 9.47 Å². The molecule has 3 aliphatic rings. The van der Waals surface area contributed by atoms with Crippen molar-refractivity contribution in [1.82, 2.24) is 4.98 Å². The van der Waals surface area contributed by atoms with Gasteiger partial charge in [-0.25, -0.2) is 4.79 Å². The zero-order valence-corrected chi connectivity index (χ0v) is 21.7. The molecule has 0 saturated heterocycles. The Morgan fingerprint density at radius 1 is 1.25 bits per heavy atom. The quantitative estimate of drug-likeness (QED) is 0.642. The molecule has 0 spiro atoms. The van der Waals surface area contributed by atoms with E-state index >= 15 is 0 Å². The summed E-state index contributed by atoms with van der Waals surface area (Å²) in [6.45, 7) is 6.92. The predicted octanol–water partition coefficient (Wildman–Crippen LogP) is 3.60. The second-order valence-electron chi connectivity index (χ2n) is 11.5. The smallest absolute Gasteiger partial charge is 0.345 e. The van der Waals surface area contributed by atoms with Crippen molar-refractivity contribution in [3.8, 4) is 17.1 Å². The minimum atomic E-state index is -1.10. The standard InChI is InChI=1S/C28H37NO7/c1-26-9-8-17(14-30)27(2,15-33-4)20(26)12-21(34-5)28(3)24(26)23(31)22-19(36-28)11-18(35-25(22)32)16-7-6-10-29-13-16/h6-7,10-11,13,17,20-21,23-24,30-31H,8-9,12,14-15H2,1-5H3/t17-,20-,21+,23+,24-,26+,27-,28-/m1/s1. The molecule has 0 aromatic carbocycles. The molecule has 0 amide bonds. The molecule has 2 aliphatic carbocycles. The third-order valence-electron chi connectivity index (χ3n) is 9.77. The van der Waals surface area contributed by atoms with Crippen molar-refractivity contribution < 1.29 is 28.8 Å². The Labute approximate surface area is 211 Å². The van der Waals surface area contributed by atoms with Gasteiger partial charge in [-0.1, -0.05) is 13.8 Å². The Morgan fingerprint density at radius 3 is 2.67 bits per heavy atom. The number of hydrogen-bond acceptors (Lipinski definition) is 8. The van der Waals surface area contributed by atoms with E-state index in [1.54, 1.807) is 38.7 Å². The molecule has 2 aromatic rings. The van der Waals surface area contributed by atoms with E-state index in [0.717, 1.165) is 12.8 Å². The first-order valence-electron chi connectivity index (χ1n) is 12.7. The summed E-state index contributed by atoms with van der Waals surface area (Å²) in [5, 5.41) is 22.2. The number of nitrogens with zero attached hydrogens (tertiary/aromatic N) is 1. The predicted molar refractivity (Wildman–Crippen MR) is 132 cm³/mol. The lowest BCUT2D eigenvalue weighted by Crippen LogP contribution is -2.70. The maximum Gasteiger partial charge on any atom is 0.345 e. The van der Waals surface area contributed by atoms with Crippen LogP contribution in [0.1, 0.15) is 51.7 Å². The van der Waals surface area contributed by atoms with Gasteiger partial charge in [0.05, 0.1) is 18.8 Å². The van der Waals surface area contributed by atoms with E-state index in [9.17, 15) is 15.0 Å². The van der Waals surface area contributed by atoms with Gasteiger partial charge in [0.25, 0.3) is 0 Å². The van der Waals surface area contributed by atoms with E-state index in [0.29, 0.717) is 30.1 Å². The number of methoxy groups -OCH3 is 2. The summed E-state index contributed by atoms with van der Waals surface area (Å²) in [5.74, 6) is 0.373. The summed E-state index contributed by atoms with van der Waals surface area (Å²) in [6, 6.07) is 5.25. The monoisotopic (exact) mass is 499 g/mol. The van der Waals surface area contributed by atoms with E-state index in [4.69, 9.17) is 18.6 Å². The molecule has 5 rings (SSSR count). The Bertz CT molecular complexity index is 1170. The molecule has 2 N–H and O–H groups in total. The average Bonchev–Trinajstić information content (AvgIpc) is 2.83. The molecule has 0 bridgehead atoms. The van der Waals surface area contributed by atoms with Crippen molar-refractivity contribution >= 4 is 0 Å². The van der Waals surface area contributed by atoms with Crippen LogP contribution < -0.4 is 10.4 Å².